The van der Waals surface area contributed by atoms with Crippen LogP contribution in [-0.4, -0.2) is 39.5 Å². The third-order valence-electron chi connectivity index (χ3n) is 4.76. The summed E-state index contributed by atoms with van der Waals surface area (Å²) in [7, 11) is 0. The largest absolute Gasteiger partial charge is 0.444 e. The maximum atomic E-state index is 12.2. The number of aryl methyl sites for hydroxylation is 1. The van der Waals surface area contributed by atoms with Crippen LogP contribution in [0.5, 0.6) is 0 Å². The van der Waals surface area contributed by atoms with E-state index in [9.17, 15) is 4.79 Å². The Morgan fingerprint density at radius 2 is 2.00 bits per heavy atom. The Hall–Kier alpha value is -2.81. The van der Waals surface area contributed by atoms with E-state index < -0.39 is 5.60 Å². The Morgan fingerprint density at radius 3 is 2.59 bits per heavy atom. The van der Waals surface area contributed by atoms with Crippen LogP contribution in [0, 0.1) is 18.3 Å². The molecule has 1 aliphatic rings. The number of piperidine rings is 1. The fourth-order valence-corrected chi connectivity index (χ4v) is 3.37. The molecule has 0 N–H and O–H groups in total. The molecule has 0 aliphatic carbocycles. The molecule has 0 unspecified atom stereocenters. The van der Waals surface area contributed by atoms with Gasteiger partial charge in [-0.2, -0.15) is 10.4 Å². The number of ether oxygens (including phenoxy) is 1. The van der Waals surface area contributed by atoms with Crippen molar-refractivity contribution >= 4 is 6.09 Å². The lowest BCUT2D eigenvalue weighted by atomic mass is 10.0. The number of hydrogen-bond acceptors (Lipinski definition) is 4. The van der Waals surface area contributed by atoms with E-state index in [-0.39, 0.29) is 12.1 Å². The van der Waals surface area contributed by atoms with Gasteiger partial charge in [-0.3, -0.25) is 4.68 Å². The van der Waals surface area contributed by atoms with Crippen molar-refractivity contribution in [2.75, 3.05) is 13.1 Å². The molecule has 142 valence electrons. The molecule has 0 atom stereocenters. The van der Waals surface area contributed by atoms with Gasteiger partial charge in [0.05, 0.1) is 23.9 Å². The molecule has 1 aromatic heterocycles. The van der Waals surface area contributed by atoms with Crippen molar-refractivity contribution in [2.45, 2.75) is 52.2 Å². The maximum absolute atomic E-state index is 12.2. The van der Waals surface area contributed by atoms with Gasteiger partial charge in [0.2, 0.25) is 0 Å². The van der Waals surface area contributed by atoms with Crippen molar-refractivity contribution in [1.29, 1.82) is 5.26 Å². The standard InChI is InChI=1S/C21H26N4O2/c1-15-11-16(12-22)5-6-19(15)17-13-23-25(14-17)18-7-9-24(10-8-18)20(26)27-21(2,3)4/h5-6,11,13-14,18H,7-10H2,1-4H3. The molecule has 6 nitrogen and oxygen atoms in total. The van der Waals surface area contributed by atoms with Crippen molar-refractivity contribution in [3.05, 3.63) is 41.7 Å². The van der Waals surface area contributed by atoms with Crippen molar-refractivity contribution < 1.29 is 9.53 Å². The van der Waals surface area contributed by atoms with Crippen LogP contribution < -0.4 is 0 Å². The summed E-state index contributed by atoms with van der Waals surface area (Å²) in [5, 5.41) is 13.6. The number of likely N-dealkylation sites (tertiary alicyclic amines) is 1. The average molecular weight is 366 g/mol. The summed E-state index contributed by atoms with van der Waals surface area (Å²) in [5.74, 6) is 0. The smallest absolute Gasteiger partial charge is 0.410 e. The SMILES string of the molecule is Cc1cc(C#N)ccc1-c1cnn(C2CCN(C(=O)OC(C)(C)C)CC2)c1. The highest BCUT2D eigenvalue weighted by molar-refractivity contribution is 5.68. The minimum Gasteiger partial charge on any atom is -0.444 e. The first-order valence-corrected chi connectivity index (χ1v) is 9.30. The lowest BCUT2D eigenvalue weighted by Gasteiger charge is -2.33. The average Bonchev–Trinajstić information content (AvgIpc) is 3.10. The Morgan fingerprint density at radius 1 is 1.30 bits per heavy atom. The fraction of sp³-hybridized carbons (Fsp3) is 0.476. The number of carbonyl (C=O) groups is 1. The van der Waals surface area contributed by atoms with E-state index in [0.29, 0.717) is 18.7 Å². The van der Waals surface area contributed by atoms with Gasteiger partial charge in [0.25, 0.3) is 0 Å². The van der Waals surface area contributed by atoms with Crippen LogP contribution in [0.2, 0.25) is 0 Å². The molecule has 1 saturated heterocycles. The zero-order valence-electron chi connectivity index (χ0n) is 16.4. The quantitative estimate of drug-likeness (QED) is 0.794. The number of benzene rings is 1. The third-order valence-corrected chi connectivity index (χ3v) is 4.76. The maximum Gasteiger partial charge on any atom is 0.410 e. The van der Waals surface area contributed by atoms with Gasteiger partial charge in [0, 0.05) is 24.8 Å². The summed E-state index contributed by atoms with van der Waals surface area (Å²) in [6, 6.07) is 8.14. The predicted molar refractivity (Wildman–Crippen MR) is 103 cm³/mol. The molecule has 2 aromatic rings. The normalized spacial score (nSPS) is 15.4. The summed E-state index contributed by atoms with van der Waals surface area (Å²) in [6.45, 7) is 9.00. The van der Waals surface area contributed by atoms with Crippen molar-refractivity contribution in [3.63, 3.8) is 0 Å². The predicted octanol–water partition coefficient (Wildman–Crippen LogP) is 4.30. The monoisotopic (exact) mass is 366 g/mol. The molecule has 6 heteroatoms. The highest BCUT2D eigenvalue weighted by Gasteiger charge is 2.27. The van der Waals surface area contributed by atoms with Crippen LogP contribution in [0.25, 0.3) is 11.1 Å². The number of carbonyl (C=O) groups excluding carboxylic acids is 1. The van der Waals surface area contributed by atoms with Crippen LogP contribution in [0.3, 0.4) is 0 Å². The molecule has 3 rings (SSSR count). The van der Waals surface area contributed by atoms with E-state index >= 15 is 0 Å². The van der Waals surface area contributed by atoms with E-state index in [1.54, 1.807) is 4.90 Å². The summed E-state index contributed by atoms with van der Waals surface area (Å²) < 4.78 is 7.45. The van der Waals surface area contributed by atoms with Crippen LogP contribution >= 0.6 is 0 Å². The van der Waals surface area contributed by atoms with E-state index in [1.807, 2.05) is 56.8 Å². The summed E-state index contributed by atoms with van der Waals surface area (Å²) in [4.78, 5) is 14.0. The zero-order chi connectivity index (χ0) is 19.6. The minimum absolute atomic E-state index is 0.240. The number of amides is 1. The molecule has 1 amide bonds. The summed E-state index contributed by atoms with van der Waals surface area (Å²) in [6.07, 6.45) is 5.39. The van der Waals surface area contributed by atoms with Crippen LogP contribution in [0.4, 0.5) is 4.79 Å². The summed E-state index contributed by atoms with van der Waals surface area (Å²) in [5.41, 5.74) is 3.40. The van der Waals surface area contributed by atoms with Crippen molar-refractivity contribution in [1.82, 2.24) is 14.7 Å². The lowest BCUT2D eigenvalue weighted by molar-refractivity contribution is 0.0185. The van der Waals surface area contributed by atoms with Gasteiger partial charge in [-0.25, -0.2) is 4.79 Å². The molecule has 1 fully saturated rings. The lowest BCUT2D eigenvalue weighted by Crippen LogP contribution is -2.42. The molecular formula is C21H26N4O2. The molecular weight excluding hydrogens is 340 g/mol. The molecule has 0 saturated carbocycles. The first kappa shape index (κ1) is 19.0. The van der Waals surface area contributed by atoms with Gasteiger partial charge in [-0.05, 0) is 63.8 Å². The molecule has 1 aliphatic heterocycles. The topological polar surface area (TPSA) is 71.2 Å². The van der Waals surface area contributed by atoms with Crippen molar-refractivity contribution in [2.24, 2.45) is 0 Å². The van der Waals surface area contributed by atoms with E-state index in [0.717, 1.165) is 29.5 Å². The second kappa shape index (κ2) is 7.43. The Bertz CT molecular complexity index is 865. The number of nitrogens with zero attached hydrogens (tertiary/aromatic N) is 4. The Balaban J connectivity index is 1.65. The molecule has 27 heavy (non-hydrogen) atoms. The zero-order valence-corrected chi connectivity index (χ0v) is 16.4. The fourth-order valence-electron chi connectivity index (χ4n) is 3.37. The Kier molecular flexibility index (Phi) is 5.22. The first-order chi connectivity index (χ1) is 12.8. The molecule has 0 radical (unpaired) electrons. The second-order valence-corrected chi connectivity index (χ2v) is 8.05. The summed E-state index contributed by atoms with van der Waals surface area (Å²) >= 11 is 0. The van der Waals surface area contributed by atoms with Gasteiger partial charge < -0.3 is 9.64 Å². The van der Waals surface area contributed by atoms with Gasteiger partial charge in [-0.15, -0.1) is 0 Å². The number of aromatic nitrogens is 2. The van der Waals surface area contributed by atoms with Gasteiger partial charge >= 0.3 is 6.09 Å². The third kappa shape index (κ3) is 4.48. The molecule has 0 spiro atoms. The van der Waals surface area contributed by atoms with E-state index in [4.69, 9.17) is 10.00 Å². The van der Waals surface area contributed by atoms with Gasteiger partial charge in [-0.1, -0.05) is 6.07 Å². The Labute approximate surface area is 160 Å². The second-order valence-electron chi connectivity index (χ2n) is 8.05. The van der Waals surface area contributed by atoms with Crippen molar-refractivity contribution in [3.8, 4) is 17.2 Å². The van der Waals surface area contributed by atoms with Gasteiger partial charge in [0.1, 0.15) is 5.60 Å². The first-order valence-electron chi connectivity index (χ1n) is 9.30. The minimum atomic E-state index is -0.468. The van der Waals surface area contributed by atoms with E-state index in [2.05, 4.69) is 17.4 Å². The molecule has 0 bridgehead atoms. The number of hydrogen-bond donors (Lipinski definition) is 0. The van der Waals surface area contributed by atoms with Gasteiger partial charge in [0.15, 0.2) is 0 Å². The van der Waals surface area contributed by atoms with Crippen LogP contribution in [0.15, 0.2) is 30.6 Å². The highest BCUT2D eigenvalue weighted by atomic mass is 16.6. The van der Waals surface area contributed by atoms with E-state index in [1.165, 1.54) is 0 Å². The molecule has 2 heterocycles. The highest BCUT2D eigenvalue weighted by Crippen LogP contribution is 2.28. The number of rotatable bonds is 2. The van der Waals surface area contributed by atoms with Crippen LogP contribution in [-0.2, 0) is 4.74 Å². The molecule has 1 aromatic carbocycles. The number of nitriles is 1. The van der Waals surface area contributed by atoms with Crippen LogP contribution in [0.1, 0.15) is 50.8 Å².